The van der Waals surface area contributed by atoms with Crippen LogP contribution in [0.15, 0.2) is 0 Å². The lowest BCUT2D eigenvalue weighted by Gasteiger charge is -2.29. The Balaban J connectivity index is 2.23. The van der Waals surface area contributed by atoms with Crippen molar-refractivity contribution in [2.45, 2.75) is 25.9 Å². The fourth-order valence-corrected chi connectivity index (χ4v) is 1.58. The van der Waals surface area contributed by atoms with Gasteiger partial charge in [-0.05, 0) is 13.3 Å². The minimum Gasteiger partial charge on any atom is -0.382 e. The maximum atomic E-state index is 11.7. The monoisotopic (exact) mass is 226 g/mol. The second-order valence-corrected chi connectivity index (χ2v) is 3.63. The Morgan fingerprint density at radius 3 is 3.19 bits per heavy atom. The molecule has 90 valence electrons. The Morgan fingerprint density at radius 2 is 2.50 bits per heavy atom. The molecule has 1 fully saturated rings. The molecule has 1 atom stereocenters. The van der Waals surface area contributed by atoms with Gasteiger partial charge in [0.25, 0.3) is 0 Å². The molecule has 0 aromatic heterocycles. The quantitative estimate of drug-likeness (QED) is 0.642. The molecule has 0 aromatic rings. The highest BCUT2D eigenvalue weighted by Gasteiger charge is 2.23. The first kappa shape index (κ1) is 12.9. The summed E-state index contributed by atoms with van der Waals surface area (Å²) in [4.78, 5) is 13.4. The minimum atomic E-state index is -0.468. The Morgan fingerprint density at radius 1 is 1.69 bits per heavy atom. The van der Waals surface area contributed by atoms with Crippen LogP contribution in [0.25, 0.3) is 0 Å². The minimum absolute atomic E-state index is 0.0863. The predicted molar refractivity (Wildman–Crippen MR) is 57.7 cm³/mol. The zero-order chi connectivity index (χ0) is 11.8. The molecule has 1 aliphatic heterocycles. The molecule has 1 rings (SSSR count). The van der Waals surface area contributed by atoms with Crippen molar-refractivity contribution in [3.63, 3.8) is 0 Å². The van der Waals surface area contributed by atoms with Crippen LogP contribution in [-0.2, 0) is 14.3 Å². The molecule has 1 heterocycles. The van der Waals surface area contributed by atoms with Crippen LogP contribution in [0.2, 0.25) is 0 Å². The van der Waals surface area contributed by atoms with Crippen LogP contribution in [0, 0.1) is 11.3 Å². The largest absolute Gasteiger partial charge is 0.382 e. The van der Waals surface area contributed by atoms with E-state index in [4.69, 9.17) is 14.7 Å². The van der Waals surface area contributed by atoms with E-state index in [0.717, 1.165) is 6.42 Å². The molecule has 0 aliphatic carbocycles. The van der Waals surface area contributed by atoms with Gasteiger partial charge in [0, 0.05) is 26.2 Å². The Bertz CT molecular complexity index is 262. The molecule has 5 nitrogen and oxygen atoms in total. The van der Waals surface area contributed by atoms with Crippen molar-refractivity contribution >= 4 is 5.91 Å². The van der Waals surface area contributed by atoms with Crippen molar-refractivity contribution in [2.75, 3.05) is 32.9 Å². The first-order valence-corrected chi connectivity index (χ1v) is 5.64. The van der Waals surface area contributed by atoms with Crippen molar-refractivity contribution < 1.29 is 14.3 Å². The molecule has 1 amide bonds. The van der Waals surface area contributed by atoms with Crippen LogP contribution in [0.4, 0.5) is 0 Å². The predicted octanol–water partition coefficient (Wildman–Crippen LogP) is 0.554. The maximum absolute atomic E-state index is 11.7. The number of ether oxygens (including phenoxy) is 2. The summed E-state index contributed by atoms with van der Waals surface area (Å²) in [7, 11) is 0. The van der Waals surface area contributed by atoms with E-state index in [0.29, 0.717) is 39.3 Å². The fraction of sp³-hybridized carbons (Fsp3) is 0.818. The van der Waals surface area contributed by atoms with Gasteiger partial charge in [0.15, 0.2) is 6.10 Å². The molecule has 1 unspecified atom stereocenters. The van der Waals surface area contributed by atoms with E-state index < -0.39 is 6.10 Å². The number of morpholine rings is 1. The first-order chi connectivity index (χ1) is 7.77. The van der Waals surface area contributed by atoms with Gasteiger partial charge in [-0.15, -0.1) is 0 Å². The van der Waals surface area contributed by atoms with Crippen molar-refractivity contribution in [1.82, 2.24) is 4.90 Å². The molecule has 0 bridgehead atoms. The average Bonchev–Trinajstić information content (AvgIpc) is 2.34. The molecule has 1 saturated heterocycles. The molecular formula is C11H18N2O3. The number of carbonyl (C=O) groups is 1. The normalized spacial score (nSPS) is 20.5. The summed E-state index contributed by atoms with van der Waals surface area (Å²) in [5, 5.41) is 8.70. The number of nitriles is 1. The summed E-state index contributed by atoms with van der Waals surface area (Å²) in [6, 6.07) is 2.02. The third kappa shape index (κ3) is 4.17. The van der Waals surface area contributed by atoms with Crippen LogP contribution in [-0.4, -0.2) is 49.8 Å². The summed E-state index contributed by atoms with van der Waals surface area (Å²) < 4.78 is 10.3. The molecule has 5 heteroatoms. The van der Waals surface area contributed by atoms with Crippen LogP contribution < -0.4 is 0 Å². The van der Waals surface area contributed by atoms with Crippen LogP contribution >= 0.6 is 0 Å². The highest BCUT2D eigenvalue weighted by molar-refractivity contribution is 5.76. The van der Waals surface area contributed by atoms with E-state index in [1.54, 1.807) is 4.90 Å². The summed E-state index contributed by atoms with van der Waals surface area (Å²) in [6.45, 7) is 4.67. The summed E-state index contributed by atoms with van der Waals surface area (Å²) >= 11 is 0. The molecule has 0 saturated carbocycles. The van der Waals surface area contributed by atoms with E-state index in [1.165, 1.54) is 0 Å². The number of rotatable bonds is 5. The molecule has 1 aliphatic rings. The first-order valence-electron chi connectivity index (χ1n) is 5.64. The van der Waals surface area contributed by atoms with E-state index in [9.17, 15) is 4.79 Å². The number of hydrogen-bond donors (Lipinski definition) is 0. The standard InChI is InChI=1S/C11H18N2O3/c1-2-15-6-3-4-11(14)13-5-7-16-10(8-12)9-13/h10H,2-7,9H2,1H3. The van der Waals surface area contributed by atoms with Crippen molar-refractivity contribution in [3.05, 3.63) is 0 Å². The van der Waals surface area contributed by atoms with Gasteiger partial charge in [-0.25, -0.2) is 0 Å². The van der Waals surface area contributed by atoms with Crippen LogP contribution in [0.3, 0.4) is 0 Å². The van der Waals surface area contributed by atoms with Gasteiger partial charge in [0.05, 0.1) is 19.2 Å². The molecule has 0 aromatic carbocycles. The van der Waals surface area contributed by atoms with Crippen molar-refractivity contribution in [2.24, 2.45) is 0 Å². The van der Waals surface area contributed by atoms with Gasteiger partial charge >= 0.3 is 0 Å². The van der Waals surface area contributed by atoms with Gasteiger partial charge in [-0.2, -0.15) is 5.26 Å². The highest BCUT2D eigenvalue weighted by Crippen LogP contribution is 2.07. The number of carbonyl (C=O) groups excluding carboxylic acids is 1. The Kier molecular flexibility index (Phi) is 5.83. The lowest BCUT2D eigenvalue weighted by atomic mass is 10.2. The average molecular weight is 226 g/mol. The Labute approximate surface area is 95.9 Å². The zero-order valence-corrected chi connectivity index (χ0v) is 9.65. The second kappa shape index (κ2) is 7.20. The molecular weight excluding hydrogens is 208 g/mol. The zero-order valence-electron chi connectivity index (χ0n) is 9.65. The van der Waals surface area contributed by atoms with Crippen LogP contribution in [0.5, 0.6) is 0 Å². The smallest absolute Gasteiger partial charge is 0.222 e. The maximum Gasteiger partial charge on any atom is 0.222 e. The summed E-state index contributed by atoms with van der Waals surface area (Å²) in [6.07, 6.45) is 0.754. The van der Waals surface area contributed by atoms with Gasteiger partial charge < -0.3 is 14.4 Å². The lowest BCUT2D eigenvalue weighted by molar-refractivity contribution is -0.137. The third-order valence-corrected chi connectivity index (χ3v) is 2.45. The molecule has 0 spiro atoms. The fourth-order valence-electron chi connectivity index (χ4n) is 1.58. The Hall–Kier alpha value is -1.12. The number of amides is 1. The van der Waals surface area contributed by atoms with Gasteiger partial charge in [-0.1, -0.05) is 0 Å². The van der Waals surface area contributed by atoms with E-state index in [-0.39, 0.29) is 5.91 Å². The van der Waals surface area contributed by atoms with Gasteiger partial charge in [0.2, 0.25) is 5.91 Å². The second-order valence-electron chi connectivity index (χ2n) is 3.63. The topological polar surface area (TPSA) is 62.6 Å². The van der Waals surface area contributed by atoms with Crippen molar-refractivity contribution in [1.29, 1.82) is 5.26 Å². The van der Waals surface area contributed by atoms with Crippen molar-refractivity contribution in [3.8, 4) is 6.07 Å². The van der Waals surface area contributed by atoms with E-state index in [2.05, 4.69) is 0 Å². The van der Waals surface area contributed by atoms with E-state index >= 15 is 0 Å². The van der Waals surface area contributed by atoms with Gasteiger partial charge in [-0.3, -0.25) is 4.79 Å². The molecule has 0 radical (unpaired) electrons. The number of nitrogens with zero attached hydrogens (tertiary/aromatic N) is 2. The van der Waals surface area contributed by atoms with Gasteiger partial charge in [0.1, 0.15) is 0 Å². The molecule has 0 N–H and O–H groups in total. The van der Waals surface area contributed by atoms with E-state index in [1.807, 2.05) is 13.0 Å². The third-order valence-electron chi connectivity index (χ3n) is 2.45. The summed E-state index contributed by atoms with van der Waals surface area (Å²) in [5.74, 6) is 0.0863. The number of hydrogen-bond acceptors (Lipinski definition) is 4. The lowest BCUT2D eigenvalue weighted by Crippen LogP contribution is -2.45. The highest BCUT2D eigenvalue weighted by atomic mass is 16.5. The SMILES string of the molecule is CCOCCCC(=O)N1CCOC(C#N)C1. The summed E-state index contributed by atoms with van der Waals surface area (Å²) in [5.41, 5.74) is 0. The van der Waals surface area contributed by atoms with Crippen LogP contribution in [0.1, 0.15) is 19.8 Å². The molecule has 16 heavy (non-hydrogen) atoms.